The largest absolute Gasteiger partial charge is 0.497 e. The molecule has 17 heavy (non-hydrogen) atoms. The first-order chi connectivity index (χ1) is 8.24. The topological polar surface area (TPSA) is 27.7 Å². The van der Waals surface area contributed by atoms with Crippen LogP contribution in [0.2, 0.25) is 0 Å². The second-order valence-corrected chi connectivity index (χ2v) is 3.13. The second-order valence-electron chi connectivity index (χ2n) is 3.13. The van der Waals surface area contributed by atoms with Crippen LogP contribution in [0, 0.1) is 0 Å². The zero-order chi connectivity index (χ0) is 12.7. The average molecular weight is 232 g/mol. The van der Waals surface area contributed by atoms with E-state index in [2.05, 4.69) is 13.2 Å². The minimum absolute atomic E-state index is 0.598. The van der Waals surface area contributed by atoms with Gasteiger partial charge in [0.05, 0.1) is 14.2 Å². The zero-order valence-corrected chi connectivity index (χ0v) is 10.1. The Morgan fingerprint density at radius 3 is 2.41 bits per heavy atom. The Bertz CT molecular complexity index is 433. The molecule has 0 spiro atoms. The van der Waals surface area contributed by atoms with Gasteiger partial charge in [-0.3, -0.25) is 0 Å². The van der Waals surface area contributed by atoms with E-state index in [0.29, 0.717) is 23.0 Å². The maximum absolute atomic E-state index is 5.62. The van der Waals surface area contributed by atoms with Crippen LogP contribution in [0.1, 0.15) is 0 Å². The van der Waals surface area contributed by atoms with E-state index < -0.39 is 0 Å². The quantitative estimate of drug-likeness (QED) is 0.556. The molecule has 0 radical (unpaired) electrons. The van der Waals surface area contributed by atoms with Gasteiger partial charge in [0.25, 0.3) is 0 Å². The molecular weight excluding hydrogens is 216 g/mol. The number of hydrogen-bond donors (Lipinski definition) is 0. The predicted molar refractivity (Wildman–Crippen MR) is 68.7 cm³/mol. The highest BCUT2D eigenvalue weighted by Gasteiger charge is 2.07. The molecule has 0 atom stereocenters. The van der Waals surface area contributed by atoms with Gasteiger partial charge in [0, 0.05) is 6.07 Å². The highest BCUT2D eigenvalue weighted by molar-refractivity contribution is 5.46. The molecule has 0 bridgehead atoms. The van der Waals surface area contributed by atoms with Gasteiger partial charge in [-0.2, -0.15) is 0 Å². The third-order valence-corrected chi connectivity index (χ3v) is 2.08. The van der Waals surface area contributed by atoms with Crippen LogP contribution in [-0.4, -0.2) is 14.2 Å². The van der Waals surface area contributed by atoms with E-state index in [1.54, 1.807) is 50.6 Å². The third kappa shape index (κ3) is 3.41. The summed E-state index contributed by atoms with van der Waals surface area (Å²) >= 11 is 0. The number of benzene rings is 1. The smallest absolute Gasteiger partial charge is 0.169 e. The minimum Gasteiger partial charge on any atom is -0.497 e. The average Bonchev–Trinajstić information content (AvgIpc) is 2.38. The Morgan fingerprint density at radius 1 is 1.12 bits per heavy atom. The minimum atomic E-state index is 0.598. The standard InChI is InChI=1S/C14H16O3/c1-5-7-11(6-2)17-13-9-8-12(15-3)10-14(13)16-4/h5-10H,1-2H2,3-4H3/b11-7+. The molecule has 0 heterocycles. The number of methoxy groups -OCH3 is 2. The maximum Gasteiger partial charge on any atom is 0.169 e. The fourth-order valence-electron chi connectivity index (χ4n) is 1.25. The van der Waals surface area contributed by atoms with E-state index in [9.17, 15) is 0 Å². The van der Waals surface area contributed by atoms with Crippen molar-refractivity contribution in [3.63, 3.8) is 0 Å². The van der Waals surface area contributed by atoms with Gasteiger partial charge in [-0.25, -0.2) is 0 Å². The summed E-state index contributed by atoms with van der Waals surface area (Å²) in [7, 11) is 3.18. The third-order valence-electron chi connectivity index (χ3n) is 2.08. The monoisotopic (exact) mass is 232 g/mol. The van der Waals surface area contributed by atoms with E-state index in [-0.39, 0.29) is 0 Å². The van der Waals surface area contributed by atoms with E-state index in [1.165, 1.54) is 0 Å². The predicted octanol–water partition coefficient (Wildman–Crippen LogP) is 3.34. The zero-order valence-electron chi connectivity index (χ0n) is 10.1. The molecule has 0 aliphatic carbocycles. The number of ether oxygens (including phenoxy) is 3. The number of rotatable bonds is 6. The van der Waals surface area contributed by atoms with Crippen molar-refractivity contribution in [3.8, 4) is 17.2 Å². The summed E-state index contributed by atoms with van der Waals surface area (Å²) in [4.78, 5) is 0. The first-order valence-electron chi connectivity index (χ1n) is 5.10. The second kappa shape index (κ2) is 6.43. The van der Waals surface area contributed by atoms with Gasteiger partial charge >= 0.3 is 0 Å². The molecule has 0 N–H and O–H groups in total. The van der Waals surface area contributed by atoms with Gasteiger partial charge in [-0.05, 0) is 24.3 Å². The van der Waals surface area contributed by atoms with Crippen molar-refractivity contribution in [2.75, 3.05) is 14.2 Å². The lowest BCUT2D eigenvalue weighted by molar-refractivity contribution is 0.360. The van der Waals surface area contributed by atoms with Crippen LogP contribution in [0.3, 0.4) is 0 Å². The van der Waals surface area contributed by atoms with Gasteiger partial charge in [0.2, 0.25) is 0 Å². The lowest BCUT2D eigenvalue weighted by atomic mass is 10.3. The van der Waals surface area contributed by atoms with Gasteiger partial charge in [0.1, 0.15) is 11.5 Å². The molecule has 0 aromatic heterocycles. The normalized spacial score (nSPS) is 10.6. The summed E-state index contributed by atoms with van der Waals surface area (Å²) in [6.07, 6.45) is 4.95. The van der Waals surface area contributed by atoms with Crippen molar-refractivity contribution >= 4 is 0 Å². The highest BCUT2D eigenvalue weighted by atomic mass is 16.5. The molecule has 1 aromatic rings. The van der Waals surface area contributed by atoms with E-state index in [1.807, 2.05) is 0 Å². The highest BCUT2D eigenvalue weighted by Crippen LogP contribution is 2.32. The summed E-state index contributed by atoms with van der Waals surface area (Å²) in [5, 5.41) is 0. The molecule has 0 unspecified atom stereocenters. The number of hydrogen-bond acceptors (Lipinski definition) is 3. The molecule has 3 nitrogen and oxygen atoms in total. The Kier molecular flexibility index (Phi) is 4.88. The molecule has 0 aliphatic heterocycles. The summed E-state index contributed by atoms with van der Waals surface area (Å²) < 4.78 is 15.9. The molecule has 1 rings (SSSR count). The van der Waals surface area contributed by atoms with Crippen LogP contribution in [-0.2, 0) is 0 Å². The van der Waals surface area contributed by atoms with Crippen molar-refractivity contribution in [1.82, 2.24) is 0 Å². The molecule has 90 valence electrons. The molecule has 1 aromatic carbocycles. The van der Waals surface area contributed by atoms with Gasteiger partial charge in [0.15, 0.2) is 11.5 Å². The first-order valence-corrected chi connectivity index (χ1v) is 5.10. The van der Waals surface area contributed by atoms with Crippen molar-refractivity contribution in [2.45, 2.75) is 0 Å². The van der Waals surface area contributed by atoms with Crippen molar-refractivity contribution < 1.29 is 14.2 Å². The van der Waals surface area contributed by atoms with Crippen LogP contribution in [0.15, 0.2) is 55.3 Å². The van der Waals surface area contributed by atoms with Gasteiger partial charge in [-0.15, -0.1) is 0 Å². The Morgan fingerprint density at radius 2 is 1.88 bits per heavy atom. The van der Waals surface area contributed by atoms with E-state index in [0.717, 1.165) is 0 Å². The van der Waals surface area contributed by atoms with E-state index >= 15 is 0 Å². The van der Waals surface area contributed by atoms with Crippen LogP contribution in [0.25, 0.3) is 0 Å². The fraction of sp³-hybridized carbons (Fsp3) is 0.143. The Labute approximate surface area is 102 Å². The molecular formula is C14H16O3. The van der Waals surface area contributed by atoms with Gasteiger partial charge < -0.3 is 14.2 Å². The molecule has 0 saturated heterocycles. The molecule has 0 aliphatic rings. The summed E-state index contributed by atoms with van der Waals surface area (Å²) in [5.74, 6) is 2.51. The van der Waals surface area contributed by atoms with Crippen LogP contribution in [0.4, 0.5) is 0 Å². The SMILES string of the molecule is C=C/C=C(\C=C)Oc1ccc(OC)cc1OC. The maximum atomic E-state index is 5.62. The summed E-state index contributed by atoms with van der Waals surface area (Å²) in [6.45, 7) is 7.26. The van der Waals surface area contributed by atoms with Gasteiger partial charge in [-0.1, -0.05) is 19.2 Å². The number of allylic oxidation sites excluding steroid dienone is 3. The Hall–Kier alpha value is -2.16. The van der Waals surface area contributed by atoms with Crippen LogP contribution < -0.4 is 14.2 Å². The van der Waals surface area contributed by atoms with Crippen molar-refractivity contribution in [1.29, 1.82) is 0 Å². The van der Waals surface area contributed by atoms with Crippen molar-refractivity contribution in [2.24, 2.45) is 0 Å². The summed E-state index contributed by atoms with van der Waals surface area (Å²) in [6, 6.07) is 5.33. The van der Waals surface area contributed by atoms with E-state index in [4.69, 9.17) is 14.2 Å². The fourth-order valence-corrected chi connectivity index (χ4v) is 1.25. The lowest BCUT2D eigenvalue weighted by Crippen LogP contribution is -1.95. The lowest BCUT2D eigenvalue weighted by Gasteiger charge is -2.11. The van der Waals surface area contributed by atoms with Crippen molar-refractivity contribution in [3.05, 3.63) is 55.3 Å². The Balaban J connectivity index is 3.01. The molecule has 0 amide bonds. The molecule has 3 heteroatoms. The van der Waals surface area contributed by atoms with Crippen LogP contribution in [0.5, 0.6) is 17.2 Å². The summed E-state index contributed by atoms with van der Waals surface area (Å²) in [5.41, 5.74) is 0. The first kappa shape index (κ1) is 12.9. The molecule has 0 fully saturated rings. The molecule has 0 saturated carbocycles. The van der Waals surface area contributed by atoms with Crippen LogP contribution >= 0.6 is 0 Å².